The van der Waals surface area contributed by atoms with Crippen molar-refractivity contribution in [2.24, 2.45) is 5.73 Å². The van der Waals surface area contributed by atoms with Crippen LogP contribution in [0.2, 0.25) is 0 Å². The molecule has 0 spiro atoms. The minimum absolute atomic E-state index is 0.278. The summed E-state index contributed by atoms with van der Waals surface area (Å²) in [7, 11) is 1.79. The zero-order valence-electron chi connectivity index (χ0n) is 15.3. The first-order valence-corrected chi connectivity index (χ1v) is 9.07. The number of primary amides is 1. The minimum atomic E-state index is -0.564. The lowest BCUT2D eigenvalue weighted by Gasteiger charge is -2.17. The van der Waals surface area contributed by atoms with Crippen LogP contribution in [0.4, 0.5) is 5.82 Å². The lowest BCUT2D eigenvalue weighted by molar-refractivity contribution is 0.100. The molecule has 3 N–H and O–H groups in total. The zero-order valence-corrected chi connectivity index (χ0v) is 15.3. The van der Waals surface area contributed by atoms with Crippen molar-refractivity contribution in [2.75, 3.05) is 25.6 Å². The van der Waals surface area contributed by atoms with Gasteiger partial charge < -0.3 is 20.4 Å². The van der Waals surface area contributed by atoms with Crippen molar-refractivity contribution >= 4 is 17.4 Å². The number of hydrogen-bond acceptors (Lipinski definition) is 6. The monoisotopic (exact) mass is 377 g/mol. The fourth-order valence-electron chi connectivity index (χ4n) is 3.75. The van der Waals surface area contributed by atoms with Crippen molar-refractivity contribution in [1.82, 2.24) is 24.1 Å². The van der Waals surface area contributed by atoms with Gasteiger partial charge in [0, 0.05) is 43.2 Å². The second-order valence-electron chi connectivity index (χ2n) is 6.78. The molecular weight excluding hydrogens is 358 g/mol. The van der Waals surface area contributed by atoms with Gasteiger partial charge in [-0.3, -0.25) is 4.79 Å². The SMILES string of the molecule is CNc1cc(-c2cnc3n(C4CCOC4)cccc2-3)nc2c(C(N)=O)cnn12. The number of nitrogens with two attached hydrogens (primary N) is 1. The van der Waals surface area contributed by atoms with E-state index < -0.39 is 5.91 Å². The lowest BCUT2D eigenvalue weighted by Crippen LogP contribution is -2.12. The van der Waals surface area contributed by atoms with Gasteiger partial charge in [0.25, 0.3) is 5.91 Å². The number of fused-ring (bicyclic) bond motifs is 2. The lowest BCUT2D eigenvalue weighted by atomic mass is 10.1. The predicted molar refractivity (Wildman–Crippen MR) is 103 cm³/mol. The number of rotatable bonds is 4. The Morgan fingerprint density at radius 3 is 3.00 bits per heavy atom. The Morgan fingerprint density at radius 1 is 1.36 bits per heavy atom. The first-order valence-electron chi connectivity index (χ1n) is 9.07. The molecule has 5 heterocycles. The summed E-state index contributed by atoms with van der Waals surface area (Å²) < 4.78 is 9.27. The highest BCUT2D eigenvalue weighted by atomic mass is 16.5. The molecule has 28 heavy (non-hydrogen) atoms. The van der Waals surface area contributed by atoms with Gasteiger partial charge in [-0.25, -0.2) is 9.97 Å². The number of nitrogens with one attached hydrogen (secondary N) is 1. The molecule has 3 aliphatic heterocycles. The topological polar surface area (TPSA) is 112 Å². The highest BCUT2D eigenvalue weighted by molar-refractivity contribution is 5.99. The summed E-state index contributed by atoms with van der Waals surface area (Å²) in [6.45, 7) is 1.46. The van der Waals surface area contributed by atoms with Crippen LogP contribution >= 0.6 is 0 Å². The summed E-state index contributed by atoms with van der Waals surface area (Å²) in [4.78, 5) is 21.1. The fourth-order valence-corrected chi connectivity index (χ4v) is 3.75. The Kier molecular flexibility index (Phi) is 3.76. The van der Waals surface area contributed by atoms with E-state index in [4.69, 9.17) is 10.5 Å². The summed E-state index contributed by atoms with van der Waals surface area (Å²) in [6, 6.07) is 6.21. The molecule has 0 saturated carbocycles. The van der Waals surface area contributed by atoms with Crippen LogP contribution < -0.4 is 11.1 Å². The molecule has 0 aromatic carbocycles. The van der Waals surface area contributed by atoms with Crippen molar-refractivity contribution in [1.29, 1.82) is 0 Å². The molecule has 0 aliphatic carbocycles. The third-order valence-electron chi connectivity index (χ3n) is 5.17. The molecule has 2 aromatic rings. The molecule has 142 valence electrons. The average Bonchev–Trinajstić information content (AvgIpc) is 3.45. The first kappa shape index (κ1) is 16.7. The maximum atomic E-state index is 11.8. The van der Waals surface area contributed by atoms with E-state index in [1.54, 1.807) is 11.6 Å². The number of carbonyl (C=O) groups is 1. The molecule has 1 fully saturated rings. The summed E-state index contributed by atoms with van der Waals surface area (Å²) in [6.07, 6.45) is 6.26. The zero-order chi connectivity index (χ0) is 19.3. The van der Waals surface area contributed by atoms with Crippen molar-refractivity contribution in [2.45, 2.75) is 12.5 Å². The highest BCUT2D eigenvalue weighted by Gasteiger charge is 2.24. The second-order valence-corrected chi connectivity index (χ2v) is 6.78. The van der Waals surface area contributed by atoms with Gasteiger partial charge in [-0.2, -0.15) is 9.61 Å². The molecule has 0 bridgehead atoms. The Hall–Kier alpha value is -3.46. The van der Waals surface area contributed by atoms with Gasteiger partial charge in [0.1, 0.15) is 17.2 Å². The molecule has 1 saturated heterocycles. The van der Waals surface area contributed by atoms with Gasteiger partial charge in [-0.15, -0.1) is 0 Å². The van der Waals surface area contributed by atoms with Crippen LogP contribution in [0.3, 0.4) is 0 Å². The first-order chi connectivity index (χ1) is 13.7. The molecule has 0 radical (unpaired) electrons. The number of carbonyl (C=O) groups excluding carboxylic acids is 1. The van der Waals surface area contributed by atoms with E-state index in [-0.39, 0.29) is 11.6 Å². The molecule has 3 aliphatic rings. The van der Waals surface area contributed by atoms with E-state index in [2.05, 4.69) is 25.0 Å². The van der Waals surface area contributed by atoms with Gasteiger partial charge >= 0.3 is 0 Å². The Balaban J connectivity index is 1.67. The molecule has 5 rings (SSSR count). The smallest absolute Gasteiger partial charge is 0.254 e. The van der Waals surface area contributed by atoms with E-state index >= 15 is 0 Å². The van der Waals surface area contributed by atoms with Crippen molar-refractivity contribution in [3.05, 3.63) is 42.4 Å². The van der Waals surface area contributed by atoms with Crippen molar-refractivity contribution < 1.29 is 9.53 Å². The number of pyridine rings is 1. The van der Waals surface area contributed by atoms with Crippen LogP contribution in [0.5, 0.6) is 0 Å². The van der Waals surface area contributed by atoms with Crippen molar-refractivity contribution in [3.63, 3.8) is 0 Å². The third-order valence-corrected chi connectivity index (χ3v) is 5.17. The Bertz CT molecular complexity index is 1160. The third kappa shape index (κ3) is 2.43. The molecule has 2 aromatic heterocycles. The van der Waals surface area contributed by atoms with E-state index in [0.717, 1.165) is 30.0 Å². The molecule has 1 atom stereocenters. The number of anilines is 1. The Labute approximate surface area is 160 Å². The van der Waals surface area contributed by atoms with Crippen molar-refractivity contribution in [3.8, 4) is 22.6 Å². The van der Waals surface area contributed by atoms with Gasteiger partial charge in [-0.1, -0.05) is 0 Å². The number of aromatic nitrogens is 5. The number of amides is 1. The van der Waals surface area contributed by atoms with Crippen LogP contribution in [0, 0.1) is 0 Å². The molecule has 9 heteroatoms. The van der Waals surface area contributed by atoms with E-state index in [9.17, 15) is 4.79 Å². The van der Waals surface area contributed by atoms with Gasteiger partial charge in [0.05, 0.1) is 24.5 Å². The quantitative estimate of drug-likeness (QED) is 0.561. The van der Waals surface area contributed by atoms with Crippen LogP contribution in [0.25, 0.3) is 28.3 Å². The predicted octanol–water partition coefficient (Wildman–Crippen LogP) is 1.80. The largest absolute Gasteiger partial charge is 0.379 e. The van der Waals surface area contributed by atoms with Crippen LogP contribution in [-0.4, -0.2) is 50.3 Å². The summed E-state index contributed by atoms with van der Waals surface area (Å²) in [5.74, 6) is 1.03. The maximum absolute atomic E-state index is 11.8. The fraction of sp³-hybridized carbons (Fsp3) is 0.263. The van der Waals surface area contributed by atoms with Crippen LogP contribution in [0.1, 0.15) is 22.8 Å². The molecule has 1 amide bonds. The maximum Gasteiger partial charge on any atom is 0.254 e. The van der Waals surface area contributed by atoms with Crippen LogP contribution in [-0.2, 0) is 4.74 Å². The van der Waals surface area contributed by atoms with E-state index in [0.29, 0.717) is 23.8 Å². The number of ether oxygens (including phenoxy) is 1. The standard InChI is InChI=1S/C19H19N7O2/c1-21-16-7-15(24-19-14(17(20)27)9-23-26(16)19)13-8-22-18-12(13)3-2-5-25(18)11-4-6-28-10-11/h2-3,5,7-9,11,21H,4,6,10H2,1H3,(H2,20,27). The number of hydrogen-bond donors (Lipinski definition) is 2. The van der Waals surface area contributed by atoms with Gasteiger partial charge in [-0.05, 0) is 18.6 Å². The Morgan fingerprint density at radius 2 is 2.25 bits per heavy atom. The highest BCUT2D eigenvalue weighted by Crippen LogP contribution is 2.36. The normalized spacial score (nSPS) is 16.8. The average molecular weight is 377 g/mol. The molecule has 9 nitrogen and oxygen atoms in total. The van der Waals surface area contributed by atoms with E-state index in [1.165, 1.54) is 6.20 Å². The summed E-state index contributed by atoms with van der Waals surface area (Å²) in [5.41, 5.74) is 8.76. The van der Waals surface area contributed by atoms with Gasteiger partial charge in [0.2, 0.25) is 0 Å². The van der Waals surface area contributed by atoms with E-state index in [1.807, 2.05) is 30.6 Å². The second kappa shape index (κ2) is 6.31. The number of nitrogens with zero attached hydrogens (tertiary/aromatic N) is 5. The minimum Gasteiger partial charge on any atom is -0.379 e. The molecule has 1 unspecified atom stereocenters. The van der Waals surface area contributed by atoms with Gasteiger partial charge in [0.15, 0.2) is 5.65 Å². The summed E-state index contributed by atoms with van der Waals surface area (Å²) in [5, 5.41) is 7.31. The summed E-state index contributed by atoms with van der Waals surface area (Å²) >= 11 is 0. The van der Waals surface area contributed by atoms with Crippen LogP contribution in [0.15, 0.2) is 36.8 Å². The molecular formula is C19H19N7O2.